The van der Waals surface area contributed by atoms with E-state index in [0.717, 1.165) is 23.4 Å². The lowest BCUT2D eigenvalue weighted by Crippen LogP contribution is -2.46. The molecular weight excluding hydrogens is 421 g/mol. The number of likely N-dealkylation sites (tertiary alicyclic amines) is 1. The lowest BCUT2D eigenvalue weighted by molar-refractivity contribution is -0.137. The van der Waals surface area contributed by atoms with Crippen LogP contribution in [0.5, 0.6) is 5.75 Å². The molecule has 2 aromatic carbocycles. The zero-order valence-electron chi connectivity index (χ0n) is 18.0. The van der Waals surface area contributed by atoms with E-state index in [4.69, 9.17) is 4.74 Å². The van der Waals surface area contributed by atoms with E-state index in [-0.39, 0.29) is 23.4 Å². The Bertz CT molecular complexity index is 904. The molecule has 2 aromatic rings. The van der Waals surface area contributed by atoms with Crippen LogP contribution in [0.2, 0.25) is 0 Å². The van der Waals surface area contributed by atoms with Gasteiger partial charge in [-0.15, -0.1) is 0 Å². The zero-order valence-corrected chi connectivity index (χ0v) is 18.0. The quantitative estimate of drug-likeness (QED) is 0.630. The third kappa shape index (κ3) is 6.73. The molecule has 0 unspecified atom stereocenters. The number of hydrogen-bond acceptors (Lipinski definition) is 3. The van der Waals surface area contributed by atoms with Crippen molar-refractivity contribution in [2.24, 2.45) is 0 Å². The monoisotopic (exact) mass is 448 g/mol. The number of benzene rings is 2. The zero-order chi connectivity index (χ0) is 23.1. The van der Waals surface area contributed by atoms with Gasteiger partial charge in [-0.2, -0.15) is 13.2 Å². The molecule has 1 N–H and O–H groups in total. The fourth-order valence-electron chi connectivity index (χ4n) is 3.57. The second kappa shape index (κ2) is 10.5. The molecule has 0 atom stereocenters. The van der Waals surface area contributed by atoms with Crippen molar-refractivity contribution in [1.82, 2.24) is 10.2 Å². The van der Waals surface area contributed by atoms with Gasteiger partial charge in [0.15, 0.2) is 0 Å². The molecule has 8 heteroatoms. The first-order valence-electron chi connectivity index (χ1n) is 10.7. The van der Waals surface area contributed by atoms with Crippen LogP contribution in [0.15, 0.2) is 48.5 Å². The van der Waals surface area contributed by atoms with Crippen molar-refractivity contribution < 1.29 is 27.5 Å². The van der Waals surface area contributed by atoms with Crippen molar-refractivity contribution in [2.75, 3.05) is 19.7 Å². The number of carbonyl (C=O) groups is 2. The number of amides is 2. The number of halogens is 3. The highest BCUT2D eigenvalue weighted by molar-refractivity contribution is 5.94. The van der Waals surface area contributed by atoms with Gasteiger partial charge in [0.05, 0.1) is 12.2 Å². The predicted molar refractivity (Wildman–Crippen MR) is 114 cm³/mol. The molecule has 1 fully saturated rings. The largest absolute Gasteiger partial charge is 0.494 e. The molecule has 1 saturated heterocycles. The number of aryl methyl sites for hydroxylation is 1. The van der Waals surface area contributed by atoms with Crippen molar-refractivity contribution in [3.63, 3.8) is 0 Å². The molecule has 0 saturated carbocycles. The molecule has 3 rings (SSSR count). The molecule has 1 aliphatic heterocycles. The number of nitrogens with one attached hydrogen (secondary N) is 1. The van der Waals surface area contributed by atoms with Crippen LogP contribution >= 0.6 is 0 Å². The second-order valence-electron chi connectivity index (χ2n) is 7.97. The minimum atomic E-state index is -4.43. The number of alkyl halides is 3. The number of ether oxygens (including phenoxy) is 1. The maximum atomic E-state index is 12.7. The summed E-state index contributed by atoms with van der Waals surface area (Å²) in [5, 5.41) is 2.99. The number of piperidine rings is 1. The molecule has 1 aliphatic rings. The SMILES string of the molecule is Cc1ccc(OCCCC(=O)NC2CCN(C(=O)c3ccc(C(F)(F)F)cc3)CC2)cc1. The third-order valence-corrected chi connectivity index (χ3v) is 5.44. The summed E-state index contributed by atoms with van der Waals surface area (Å²) >= 11 is 0. The molecule has 0 aliphatic carbocycles. The Labute approximate surface area is 185 Å². The van der Waals surface area contributed by atoms with E-state index in [0.29, 0.717) is 45.4 Å². The molecule has 5 nitrogen and oxygen atoms in total. The fourth-order valence-corrected chi connectivity index (χ4v) is 3.57. The van der Waals surface area contributed by atoms with Crippen LogP contribution in [-0.2, 0) is 11.0 Å². The highest BCUT2D eigenvalue weighted by Crippen LogP contribution is 2.29. The van der Waals surface area contributed by atoms with E-state index < -0.39 is 11.7 Å². The molecule has 0 bridgehead atoms. The van der Waals surface area contributed by atoms with Gasteiger partial charge in [-0.25, -0.2) is 0 Å². The third-order valence-electron chi connectivity index (χ3n) is 5.44. The van der Waals surface area contributed by atoms with Crippen LogP contribution in [-0.4, -0.2) is 42.5 Å². The normalized spacial score (nSPS) is 14.8. The van der Waals surface area contributed by atoms with Crippen LogP contribution in [0.1, 0.15) is 47.2 Å². The summed E-state index contributed by atoms with van der Waals surface area (Å²) in [7, 11) is 0. The molecule has 0 spiro atoms. The first kappa shape index (κ1) is 23.6. The number of rotatable bonds is 7. The first-order chi connectivity index (χ1) is 15.2. The number of nitrogens with zero attached hydrogens (tertiary/aromatic N) is 1. The second-order valence-corrected chi connectivity index (χ2v) is 7.97. The van der Waals surface area contributed by atoms with Gasteiger partial charge < -0.3 is 15.0 Å². The first-order valence-corrected chi connectivity index (χ1v) is 10.7. The van der Waals surface area contributed by atoms with E-state index in [2.05, 4.69) is 5.32 Å². The lowest BCUT2D eigenvalue weighted by Gasteiger charge is -2.32. The lowest BCUT2D eigenvalue weighted by atomic mass is 10.0. The van der Waals surface area contributed by atoms with Gasteiger partial charge >= 0.3 is 6.18 Å². The van der Waals surface area contributed by atoms with Gasteiger partial charge in [0, 0.05) is 31.1 Å². The molecule has 1 heterocycles. The number of carbonyl (C=O) groups excluding carboxylic acids is 2. The van der Waals surface area contributed by atoms with Gasteiger partial charge in [-0.1, -0.05) is 17.7 Å². The summed E-state index contributed by atoms with van der Waals surface area (Å²) in [4.78, 5) is 26.3. The molecule has 172 valence electrons. The summed E-state index contributed by atoms with van der Waals surface area (Å²) in [6.07, 6.45) is -2.25. The minimum absolute atomic E-state index is 0.0165. The standard InChI is InChI=1S/C24H27F3N2O3/c1-17-4-10-21(11-5-17)32-16-2-3-22(30)28-20-12-14-29(15-13-20)23(31)18-6-8-19(9-7-18)24(25,26)27/h4-11,20H,2-3,12-16H2,1H3,(H,28,30). The van der Waals surface area contributed by atoms with Gasteiger partial charge in [0.2, 0.25) is 5.91 Å². The highest BCUT2D eigenvalue weighted by atomic mass is 19.4. The maximum absolute atomic E-state index is 12.7. The average molecular weight is 448 g/mol. The van der Waals surface area contributed by atoms with Crippen LogP contribution < -0.4 is 10.1 Å². The van der Waals surface area contributed by atoms with Gasteiger partial charge in [0.1, 0.15) is 5.75 Å². The summed E-state index contributed by atoms with van der Waals surface area (Å²) in [6.45, 7) is 3.35. The summed E-state index contributed by atoms with van der Waals surface area (Å²) in [5.74, 6) is 0.433. The Kier molecular flexibility index (Phi) is 7.77. The van der Waals surface area contributed by atoms with Crippen LogP contribution in [0.3, 0.4) is 0 Å². The van der Waals surface area contributed by atoms with Gasteiger partial charge in [-0.05, 0) is 62.6 Å². The van der Waals surface area contributed by atoms with Crippen molar-refractivity contribution in [3.05, 3.63) is 65.2 Å². The summed E-state index contributed by atoms with van der Waals surface area (Å²) in [5.41, 5.74) is 0.609. The summed E-state index contributed by atoms with van der Waals surface area (Å²) < 4.78 is 43.6. The Morgan fingerprint density at radius 2 is 1.66 bits per heavy atom. The smallest absolute Gasteiger partial charge is 0.416 e. The van der Waals surface area contributed by atoms with Crippen molar-refractivity contribution in [2.45, 2.75) is 44.8 Å². The van der Waals surface area contributed by atoms with Crippen LogP contribution in [0, 0.1) is 6.92 Å². The fraction of sp³-hybridized carbons (Fsp3) is 0.417. The molecular formula is C24H27F3N2O3. The summed E-state index contributed by atoms with van der Waals surface area (Å²) in [6, 6.07) is 12.0. The topological polar surface area (TPSA) is 58.6 Å². The van der Waals surface area contributed by atoms with Crippen molar-refractivity contribution in [1.29, 1.82) is 0 Å². The Morgan fingerprint density at radius 1 is 1.03 bits per heavy atom. The van der Waals surface area contributed by atoms with E-state index in [1.807, 2.05) is 31.2 Å². The molecule has 0 aromatic heterocycles. The van der Waals surface area contributed by atoms with Crippen molar-refractivity contribution >= 4 is 11.8 Å². The Balaban J connectivity index is 1.36. The minimum Gasteiger partial charge on any atom is -0.494 e. The number of hydrogen-bond donors (Lipinski definition) is 1. The van der Waals surface area contributed by atoms with E-state index in [1.165, 1.54) is 12.1 Å². The molecule has 2 amide bonds. The van der Waals surface area contributed by atoms with Gasteiger partial charge in [-0.3, -0.25) is 9.59 Å². The Morgan fingerprint density at radius 3 is 2.25 bits per heavy atom. The predicted octanol–water partition coefficient (Wildman–Crippen LogP) is 4.59. The van der Waals surface area contributed by atoms with E-state index >= 15 is 0 Å². The Hall–Kier alpha value is -3.03. The molecule has 32 heavy (non-hydrogen) atoms. The maximum Gasteiger partial charge on any atom is 0.416 e. The van der Waals surface area contributed by atoms with Crippen molar-refractivity contribution in [3.8, 4) is 5.75 Å². The van der Waals surface area contributed by atoms with E-state index in [1.54, 1.807) is 4.90 Å². The van der Waals surface area contributed by atoms with E-state index in [9.17, 15) is 22.8 Å². The average Bonchev–Trinajstić information content (AvgIpc) is 2.77. The van der Waals surface area contributed by atoms with Crippen LogP contribution in [0.4, 0.5) is 13.2 Å². The highest BCUT2D eigenvalue weighted by Gasteiger charge is 2.31. The van der Waals surface area contributed by atoms with Gasteiger partial charge in [0.25, 0.3) is 5.91 Å². The molecule has 0 radical (unpaired) electrons. The van der Waals surface area contributed by atoms with Crippen LogP contribution in [0.25, 0.3) is 0 Å².